The lowest BCUT2D eigenvalue weighted by atomic mass is 10.2. The lowest BCUT2D eigenvalue weighted by Gasteiger charge is -2.09. The van der Waals surface area contributed by atoms with E-state index in [1.807, 2.05) is 30.3 Å². The number of benzene rings is 2. The van der Waals surface area contributed by atoms with Crippen LogP contribution >= 0.6 is 11.8 Å². The molecule has 0 aromatic heterocycles. The molecule has 7 nitrogen and oxygen atoms in total. The number of ether oxygens (including phenoxy) is 1. The Kier molecular flexibility index (Phi) is 7.02. The third kappa shape index (κ3) is 6.18. The van der Waals surface area contributed by atoms with Gasteiger partial charge in [0.05, 0.1) is 18.6 Å². The molecule has 0 unspecified atom stereocenters. The van der Waals surface area contributed by atoms with Gasteiger partial charge >= 0.3 is 0 Å². The van der Waals surface area contributed by atoms with Crippen LogP contribution in [0.25, 0.3) is 0 Å². The van der Waals surface area contributed by atoms with Crippen LogP contribution in [0.3, 0.4) is 0 Å². The highest BCUT2D eigenvalue weighted by Gasteiger charge is 2.31. The van der Waals surface area contributed by atoms with Crippen molar-refractivity contribution in [2.24, 2.45) is 4.99 Å². The van der Waals surface area contributed by atoms with Gasteiger partial charge < -0.3 is 15.4 Å². The van der Waals surface area contributed by atoms with E-state index in [0.29, 0.717) is 23.0 Å². The summed E-state index contributed by atoms with van der Waals surface area (Å²) in [6, 6.07) is 16.5. The van der Waals surface area contributed by atoms with Crippen molar-refractivity contribution in [1.82, 2.24) is 5.32 Å². The largest absolute Gasteiger partial charge is 0.497 e. The molecule has 29 heavy (non-hydrogen) atoms. The van der Waals surface area contributed by atoms with Crippen LogP contribution in [0.1, 0.15) is 18.4 Å². The van der Waals surface area contributed by atoms with Crippen molar-refractivity contribution in [2.45, 2.75) is 24.6 Å². The molecule has 0 saturated carbocycles. The number of rotatable bonds is 8. The van der Waals surface area contributed by atoms with Gasteiger partial charge in [0.2, 0.25) is 11.8 Å². The molecule has 150 valence electrons. The van der Waals surface area contributed by atoms with E-state index in [-0.39, 0.29) is 30.6 Å². The molecule has 1 heterocycles. The third-order valence-electron chi connectivity index (χ3n) is 4.18. The van der Waals surface area contributed by atoms with Gasteiger partial charge in [0.1, 0.15) is 11.0 Å². The minimum atomic E-state index is -0.606. The molecule has 8 heteroatoms. The highest BCUT2D eigenvalue weighted by Crippen LogP contribution is 2.27. The third-order valence-corrected chi connectivity index (χ3v) is 5.34. The molecular weight excluding hydrogens is 390 g/mol. The lowest BCUT2D eigenvalue weighted by Crippen LogP contribution is -2.24. The molecular formula is C21H21N3O4S. The van der Waals surface area contributed by atoms with E-state index in [1.54, 1.807) is 31.4 Å². The van der Waals surface area contributed by atoms with Gasteiger partial charge in [0.15, 0.2) is 0 Å². The van der Waals surface area contributed by atoms with Crippen LogP contribution < -0.4 is 15.4 Å². The number of carbonyl (C=O) groups is 3. The fourth-order valence-corrected chi connectivity index (χ4v) is 3.77. The Morgan fingerprint density at radius 3 is 2.48 bits per heavy atom. The van der Waals surface area contributed by atoms with E-state index < -0.39 is 5.25 Å². The number of carbonyl (C=O) groups excluding carboxylic acids is 3. The Balaban J connectivity index is 1.44. The maximum absolute atomic E-state index is 12.2. The Labute approximate surface area is 172 Å². The number of thioether (sulfide) groups is 1. The van der Waals surface area contributed by atoms with Crippen LogP contribution in [0.4, 0.5) is 5.69 Å². The average molecular weight is 411 g/mol. The molecule has 3 amide bonds. The maximum Gasteiger partial charge on any atom is 0.260 e. The minimum Gasteiger partial charge on any atom is -0.497 e. The normalized spacial score (nSPS) is 15.6. The summed E-state index contributed by atoms with van der Waals surface area (Å²) in [4.78, 5) is 40.3. The van der Waals surface area contributed by atoms with Crippen molar-refractivity contribution < 1.29 is 19.1 Å². The number of nitrogens with one attached hydrogen (secondary N) is 2. The molecule has 1 atom stereocenters. The lowest BCUT2D eigenvalue weighted by molar-refractivity contribution is -0.121. The topological polar surface area (TPSA) is 96.9 Å². The van der Waals surface area contributed by atoms with E-state index >= 15 is 0 Å². The molecule has 0 fully saturated rings. The quantitative estimate of drug-likeness (QED) is 0.696. The molecule has 0 aliphatic carbocycles. The highest BCUT2D eigenvalue weighted by atomic mass is 32.2. The summed E-state index contributed by atoms with van der Waals surface area (Å²) in [5.41, 5.74) is 1.61. The van der Waals surface area contributed by atoms with Crippen LogP contribution in [0.2, 0.25) is 0 Å². The predicted molar refractivity (Wildman–Crippen MR) is 113 cm³/mol. The zero-order valence-electron chi connectivity index (χ0n) is 15.9. The molecule has 3 rings (SSSR count). The molecule has 1 aliphatic heterocycles. The van der Waals surface area contributed by atoms with Crippen LogP contribution in [0.15, 0.2) is 59.6 Å². The number of hydrogen-bond donors (Lipinski definition) is 2. The van der Waals surface area contributed by atoms with Gasteiger partial charge in [-0.05, 0) is 29.8 Å². The van der Waals surface area contributed by atoms with E-state index in [2.05, 4.69) is 15.6 Å². The maximum atomic E-state index is 12.2. The SMILES string of the molecule is COc1ccc(NC(=O)C[C@@H]2SC(CC(=O)NCc3ccccc3)=NC2=O)cc1. The zero-order chi connectivity index (χ0) is 20.6. The van der Waals surface area contributed by atoms with Crippen molar-refractivity contribution in [1.29, 1.82) is 0 Å². The summed E-state index contributed by atoms with van der Waals surface area (Å²) >= 11 is 1.17. The first kappa shape index (κ1) is 20.6. The van der Waals surface area contributed by atoms with Crippen molar-refractivity contribution >= 4 is 40.2 Å². The standard InChI is InChI=1S/C21H21N3O4S/c1-28-16-9-7-15(8-10-16)23-19(26)11-17-21(27)24-20(29-17)12-18(25)22-13-14-5-3-2-4-6-14/h2-10,17H,11-13H2,1H3,(H,22,25)(H,23,26)/t17-/m0/s1. The molecule has 2 aromatic carbocycles. The fraction of sp³-hybridized carbons (Fsp3) is 0.238. The zero-order valence-corrected chi connectivity index (χ0v) is 16.7. The van der Waals surface area contributed by atoms with Gasteiger partial charge in [-0.25, -0.2) is 4.99 Å². The van der Waals surface area contributed by atoms with Crippen molar-refractivity contribution in [2.75, 3.05) is 12.4 Å². The van der Waals surface area contributed by atoms with E-state index in [4.69, 9.17) is 4.74 Å². The number of anilines is 1. The van der Waals surface area contributed by atoms with Gasteiger partial charge in [-0.1, -0.05) is 42.1 Å². The molecule has 0 bridgehead atoms. The van der Waals surface area contributed by atoms with Gasteiger partial charge in [-0.3, -0.25) is 14.4 Å². The fourth-order valence-electron chi connectivity index (χ4n) is 2.70. The summed E-state index contributed by atoms with van der Waals surface area (Å²) < 4.78 is 5.07. The van der Waals surface area contributed by atoms with E-state index in [1.165, 1.54) is 11.8 Å². The number of amides is 3. The summed E-state index contributed by atoms with van der Waals surface area (Å²) in [7, 11) is 1.57. The minimum absolute atomic E-state index is 0.00579. The first-order valence-corrected chi connectivity index (χ1v) is 9.94. The number of aliphatic imine (C=N–C) groups is 1. The first-order chi connectivity index (χ1) is 14.0. The summed E-state index contributed by atoms with van der Waals surface area (Å²) in [5.74, 6) is -0.193. The van der Waals surface area contributed by atoms with Crippen LogP contribution in [-0.2, 0) is 20.9 Å². The number of hydrogen-bond acceptors (Lipinski definition) is 5. The second-order valence-electron chi connectivity index (χ2n) is 6.37. The Morgan fingerprint density at radius 1 is 1.07 bits per heavy atom. The molecule has 2 aromatic rings. The molecule has 0 spiro atoms. The van der Waals surface area contributed by atoms with Crippen molar-refractivity contribution in [3.05, 3.63) is 60.2 Å². The average Bonchev–Trinajstić information content (AvgIpc) is 3.06. The van der Waals surface area contributed by atoms with Crippen molar-refractivity contribution in [3.8, 4) is 5.75 Å². The summed E-state index contributed by atoms with van der Waals surface area (Å²) in [5, 5.41) is 5.38. The van der Waals surface area contributed by atoms with Crippen LogP contribution in [-0.4, -0.2) is 35.1 Å². The molecule has 1 aliphatic rings. The monoisotopic (exact) mass is 411 g/mol. The van der Waals surface area contributed by atoms with Crippen LogP contribution in [0.5, 0.6) is 5.75 Å². The second-order valence-corrected chi connectivity index (χ2v) is 7.65. The predicted octanol–water partition coefficient (Wildman–Crippen LogP) is 2.77. The summed E-state index contributed by atoms with van der Waals surface area (Å²) in [6.45, 7) is 0.416. The van der Waals surface area contributed by atoms with E-state index in [0.717, 1.165) is 5.56 Å². The smallest absolute Gasteiger partial charge is 0.260 e. The van der Waals surface area contributed by atoms with Gasteiger partial charge in [0.25, 0.3) is 5.91 Å². The summed E-state index contributed by atoms with van der Waals surface area (Å²) in [6.07, 6.45) is 0.0218. The molecule has 2 N–H and O–H groups in total. The van der Waals surface area contributed by atoms with Gasteiger partial charge in [0, 0.05) is 18.7 Å². The Bertz CT molecular complexity index is 913. The number of nitrogens with zero attached hydrogens (tertiary/aromatic N) is 1. The molecule has 0 radical (unpaired) electrons. The van der Waals surface area contributed by atoms with Crippen molar-refractivity contribution in [3.63, 3.8) is 0 Å². The van der Waals surface area contributed by atoms with Crippen LogP contribution in [0, 0.1) is 0 Å². The second kappa shape index (κ2) is 9.88. The first-order valence-electron chi connectivity index (χ1n) is 9.06. The molecule has 0 saturated heterocycles. The highest BCUT2D eigenvalue weighted by molar-refractivity contribution is 8.15. The Hall–Kier alpha value is -3.13. The van der Waals surface area contributed by atoms with E-state index in [9.17, 15) is 14.4 Å². The Morgan fingerprint density at radius 2 is 1.79 bits per heavy atom. The van der Waals surface area contributed by atoms with Gasteiger partial charge in [-0.15, -0.1) is 0 Å². The number of methoxy groups -OCH3 is 1. The van der Waals surface area contributed by atoms with Gasteiger partial charge in [-0.2, -0.15) is 0 Å².